The highest BCUT2D eigenvalue weighted by atomic mass is 35.5. The van der Waals surface area contributed by atoms with E-state index >= 15 is 0 Å². The zero-order chi connectivity index (χ0) is 12.6. The summed E-state index contributed by atoms with van der Waals surface area (Å²) in [6, 6.07) is 0. The Kier molecular flexibility index (Phi) is 3.17. The van der Waals surface area contributed by atoms with E-state index in [2.05, 4.69) is 10.1 Å². The van der Waals surface area contributed by atoms with E-state index in [4.69, 9.17) is 16.1 Å². The number of aromatic carboxylic acids is 1. The van der Waals surface area contributed by atoms with Gasteiger partial charge >= 0.3 is 5.97 Å². The highest BCUT2D eigenvalue weighted by molar-refractivity contribution is 7.18. The van der Waals surface area contributed by atoms with Crippen LogP contribution in [0.5, 0.6) is 0 Å². The number of rotatable bonds is 3. The summed E-state index contributed by atoms with van der Waals surface area (Å²) < 4.78 is 5.43. The average molecular weight is 273 g/mol. The van der Waals surface area contributed by atoms with Crippen molar-refractivity contribution >= 4 is 28.9 Å². The molecular weight excluding hydrogens is 264 g/mol. The van der Waals surface area contributed by atoms with Crippen LogP contribution in [0.2, 0.25) is 4.47 Å². The van der Waals surface area contributed by atoms with Crippen LogP contribution in [0.3, 0.4) is 0 Å². The van der Waals surface area contributed by atoms with Gasteiger partial charge in [0, 0.05) is 12.1 Å². The zero-order valence-electron chi connectivity index (χ0n) is 9.10. The molecule has 0 amide bonds. The van der Waals surface area contributed by atoms with Crippen molar-refractivity contribution in [1.82, 2.24) is 10.1 Å². The summed E-state index contributed by atoms with van der Waals surface area (Å²) in [5, 5.41) is 13.0. The smallest absolute Gasteiger partial charge is 0.341 e. The Morgan fingerprint density at radius 3 is 2.76 bits per heavy atom. The number of halogens is 1. The average Bonchev–Trinajstić information content (AvgIpc) is 2.82. The third kappa shape index (κ3) is 2.18. The maximum Gasteiger partial charge on any atom is 0.341 e. The molecule has 5 nitrogen and oxygen atoms in total. The molecule has 1 N–H and O–H groups in total. The summed E-state index contributed by atoms with van der Waals surface area (Å²) >= 11 is 6.88. The Morgan fingerprint density at radius 1 is 1.59 bits per heavy atom. The van der Waals surface area contributed by atoms with Crippen LogP contribution in [0, 0.1) is 0 Å². The molecule has 7 heteroatoms. The van der Waals surface area contributed by atoms with Gasteiger partial charge in [0.2, 0.25) is 0 Å². The minimum atomic E-state index is -1.06. The highest BCUT2D eigenvalue weighted by Gasteiger charge is 2.26. The van der Waals surface area contributed by atoms with Crippen molar-refractivity contribution in [2.45, 2.75) is 19.8 Å². The molecule has 2 aromatic heterocycles. The fourth-order valence-electron chi connectivity index (χ4n) is 1.43. The number of carbonyl (C=O) groups is 1. The van der Waals surface area contributed by atoms with E-state index in [0.29, 0.717) is 15.1 Å². The maximum absolute atomic E-state index is 11.2. The summed E-state index contributed by atoms with van der Waals surface area (Å²) in [6.07, 6.45) is 1.49. The van der Waals surface area contributed by atoms with E-state index in [9.17, 15) is 9.90 Å². The van der Waals surface area contributed by atoms with Gasteiger partial charge in [-0.05, 0) is 0 Å². The Bertz CT molecular complexity index is 562. The number of hydrogen-bond donors (Lipinski definition) is 1. The Morgan fingerprint density at radius 2 is 2.29 bits per heavy atom. The molecule has 2 rings (SSSR count). The minimum absolute atomic E-state index is 0.0502. The zero-order valence-corrected chi connectivity index (χ0v) is 10.7. The first kappa shape index (κ1) is 12.1. The molecule has 0 aliphatic rings. The topological polar surface area (TPSA) is 76.2 Å². The number of hydrogen-bond acceptors (Lipinski definition) is 5. The van der Waals surface area contributed by atoms with Gasteiger partial charge in [0.15, 0.2) is 10.2 Å². The third-order valence-corrected chi connectivity index (χ3v) is 3.29. The van der Waals surface area contributed by atoms with E-state index in [1.807, 2.05) is 13.8 Å². The van der Waals surface area contributed by atoms with Gasteiger partial charge in [-0.15, -0.1) is 11.3 Å². The molecule has 0 radical (unpaired) electrons. The van der Waals surface area contributed by atoms with Crippen LogP contribution in [0.25, 0.3) is 10.6 Å². The summed E-state index contributed by atoms with van der Waals surface area (Å²) in [6.45, 7) is 3.69. The monoisotopic (exact) mass is 272 g/mol. The fourth-order valence-corrected chi connectivity index (χ4v) is 2.36. The quantitative estimate of drug-likeness (QED) is 0.928. The van der Waals surface area contributed by atoms with Crippen molar-refractivity contribution in [3.63, 3.8) is 0 Å². The number of aromatic nitrogens is 2. The second-order valence-electron chi connectivity index (χ2n) is 3.71. The molecule has 0 fully saturated rings. The Balaban J connectivity index is 2.59. The van der Waals surface area contributed by atoms with E-state index in [0.717, 1.165) is 0 Å². The lowest BCUT2D eigenvalue weighted by atomic mass is 10.0. The van der Waals surface area contributed by atoms with Gasteiger partial charge in [0.25, 0.3) is 0 Å². The normalized spacial score (nSPS) is 11.1. The summed E-state index contributed by atoms with van der Waals surface area (Å²) in [5.74, 6) is -0.753. The van der Waals surface area contributed by atoms with Crippen LogP contribution in [0.4, 0.5) is 0 Å². The second kappa shape index (κ2) is 4.46. The van der Waals surface area contributed by atoms with Gasteiger partial charge < -0.3 is 9.63 Å². The first-order chi connectivity index (χ1) is 8.00. The maximum atomic E-state index is 11.2. The summed E-state index contributed by atoms with van der Waals surface area (Å²) in [5.41, 5.74) is 0.367. The minimum Gasteiger partial charge on any atom is -0.477 e. The number of nitrogens with zero attached hydrogens (tertiary/aromatic N) is 2. The number of carboxylic acid groups (broad SMARTS) is 1. The van der Waals surface area contributed by atoms with E-state index < -0.39 is 5.97 Å². The molecule has 0 spiro atoms. The molecule has 0 unspecified atom stereocenters. The van der Waals surface area contributed by atoms with Gasteiger partial charge in [-0.1, -0.05) is 30.6 Å². The predicted octanol–water partition coefficient (Wildman–Crippen LogP) is 3.27. The predicted molar refractivity (Wildman–Crippen MR) is 63.7 cm³/mol. The third-order valence-electron chi connectivity index (χ3n) is 2.17. The van der Waals surface area contributed by atoms with Crippen molar-refractivity contribution < 1.29 is 14.4 Å². The van der Waals surface area contributed by atoms with Crippen molar-refractivity contribution in [2.24, 2.45) is 0 Å². The van der Waals surface area contributed by atoms with Crippen molar-refractivity contribution in [2.75, 3.05) is 0 Å². The van der Waals surface area contributed by atoms with Gasteiger partial charge in [-0.25, -0.2) is 9.78 Å². The van der Waals surface area contributed by atoms with Crippen LogP contribution < -0.4 is 0 Å². The van der Waals surface area contributed by atoms with E-state index in [-0.39, 0.29) is 17.2 Å². The standard InChI is InChI=1S/C10H9ClN2O3S/c1-4(2)8-6(9(14)15)7(13-16-8)5-3-12-10(11)17-5/h3-4H,1-2H3,(H,14,15). The SMILES string of the molecule is CC(C)c1onc(-c2cnc(Cl)s2)c1C(=O)O. The van der Waals surface area contributed by atoms with Crippen LogP contribution in [-0.2, 0) is 0 Å². The first-order valence-corrected chi connectivity index (χ1v) is 6.04. The van der Waals surface area contributed by atoms with Crippen LogP contribution in [0.15, 0.2) is 10.7 Å². The highest BCUT2D eigenvalue weighted by Crippen LogP contribution is 2.34. The molecule has 0 aliphatic carbocycles. The molecular formula is C10H9ClN2O3S. The van der Waals surface area contributed by atoms with Crippen molar-refractivity contribution in [3.05, 3.63) is 22.0 Å². The molecule has 0 saturated carbocycles. The van der Waals surface area contributed by atoms with Crippen LogP contribution >= 0.6 is 22.9 Å². The molecule has 0 aromatic carbocycles. The van der Waals surface area contributed by atoms with Gasteiger partial charge in [-0.2, -0.15) is 0 Å². The molecule has 2 aromatic rings. The molecule has 17 heavy (non-hydrogen) atoms. The van der Waals surface area contributed by atoms with E-state index in [1.54, 1.807) is 0 Å². The van der Waals surface area contributed by atoms with Crippen LogP contribution in [-0.4, -0.2) is 21.2 Å². The molecule has 2 heterocycles. The molecule has 0 bridgehead atoms. The Labute approximate surface area is 106 Å². The van der Waals surface area contributed by atoms with Crippen molar-refractivity contribution in [3.8, 4) is 10.6 Å². The van der Waals surface area contributed by atoms with Gasteiger partial charge in [-0.3, -0.25) is 0 Å². The lowest BCUT2D eigenvalue weighted by Gasteiger charge is -2.00. The fraction of sp³-hybridized carbons (Fsp3) is 0.300. The molecule has 0 atom stereocenters. The van der Waals surface area contributed by atoms with Gasteiger partial charge in [0.05, 0.1) is 4.88 Å². The lowest BCUT2D eigenvalue weighted by Crippen LogP contribution is -2.02. The van der Waals surface area contributed by atoms with Crippen molar-refractivity contribution in [1.29, 1.82) is 0 Å². The largest absolute Gasteiger partial charge is 0.477 e. The van der Waals surface area contributed by atoms with E-state index in [1.165, 1.54) is 17.5 Å². The second-order valence-corrected chi connectivity index (χ2v) is 5.32. The lowest BCUT2D eigenvalue weighted by molar-refractivity contribution is 0.0694. The Hall–Kier alpha value is -1.40. The number of carboxylic acids is 1. The molecule has 90 valence electrons. The molecule has 0 aliphatic heterocycles. The summed E-state index contributed by atoms with van der Waals surface area (Å²) in [7, 11) is 0. The first-order valence-electron chi connectivity index (χ1n) is 4.85. The van der Waals surface area contributed by atoms with Crippen LogP contribution in [0.1, 0.15) is 35.9 Å². The van der Waals surface area contributed by atoms with Gasteiger partial charge in [0.1, 0.15) is 11.3 Å². The number of thiazole rings is 1. The molecule has 0 saturated heterocycles. The summed E-state index contributed by atoms with van der Waals surface area (Å²) in [4.78, 5) is 15.7.